The number of rotatable bonds is 4. The lowest BCUT2D eigenvalue weighted by Gasteiger charge is -2.26. The van der Waals surface area contributed by atoms with Crippen LogP contribution in [0.1, 0.15) is 35.2 Å². The lowest BCUT2D eigenvalue weighted by molar-refractivity contribution is -0.132. The maximum Gasteiger partial charge on any atom is 0.300 e. The largest absolute Gasteiger partial charge is 0.508 e. The maximum absolute atomic E-state index is 13.1. The zero-order valence-corrected chi connectivity index (χ0v) is 17.4. The van der Waals surface area contributed by atoms with E-state index < -0.39 is 17.7 Å². The Labute approximate surface area is 180 Å². The van der Waals surface area contributed by atoms with Crippen molar-refractivity contribution in [3.05, 3.63) is 101 Å². The number of benzene rings is 3. The first-order chi connectivity index (χ1) is 14.9. The highest BCUT2D eigenvalue weighted by Gasteiger charge is 2.47. The average Bonchev–Trinajstić information content (AvgIpc) is 3.05. The zero-order chi connectivity index (χ0) is 22.1. The number of aliphatic hydroxyl groups is 1. The van der Waals surface area contributed by atoms with Crippen molar-refractivity contribution < 1.29 is 19.8 Å². The number of ketones is 1. The third-order valence-corrected chi connectivity index (χ3v) is 5.66. The molecule has 0 radical (unpaired) electrons. The molecule has 4 rings (SSSR count). The van der Waals surface area contributed by atoms with Crippen LogP contribution < -0.4 is 4.90 Å². The van der Waals surface area contributed by atoms with Gasteiger partial charge in [-0.2, -0.15) is 0 Å². The van der Waals surface area contributed by atoms with Gasteiger partial charge in [0.25, 0.3) is 11.7 Å². The van der Waals surface area contributed by atoms with Crippen molar-refractivity contribution in [3.8, 4) is 5.75 Å². The smallest absolute Gasteiger partial charge is 0.300 e. The van der Waals surface area contributed by atoms with Crippen LogP contribution in [0, 0.1) is 6.92 Å². The van der Waals surface area contributed by atoms with Crippen molar-refractivity contribution in [2.45, 2.75) is 26.3 Å². The van der Waals surface area contributed by atoms with Gasteiger partial charge < -0.3 is 10.2 Å². The van der Waals surface area contributed by atoms with Crippen molar-refractivity contribution in [1.82, 2.24) is 0 Å². The van der Waals surface area contributed by atoms with E-state index in [9.17, 15) is 19.8 Å². The van der Waals surface area contributed by atoms with Gasteiger partial charge in [-0.3, -0.25) is 14.5 Å². The van der Waals surface area contributed by atoms with Crippen LogP contribution >= 0.6 is 0 Å². The Balaban J connectivity index is 1.94. The van der Waals surface area contributed by atoms with Crippen molar-refractivity contribution in [1.29, 1.82) is 0 Å². The molecule has 1 heterocycles. The van der Waals surface area contributed by atoms with Crippen molar-refractivity contribution >= 4 is 23.1 Å². The van der Waals surface area contributed by atoms with E-state index in [4.69, 9.17) is 0 Å². The summed E-state index contributed by atoms with van der Waals surface area (Å²) >= 11 is 0. The van der Waals surface area contributed by atoms with Crippen molar-refractivity contribution in [2.75, 3.05) is 4.90 Å². The molecule has 0 saturated carbocycles. The molecular weight excluding hydrogens is 390 g/mol. The lowest BCUT2D eigenvalue weighted by atomic mass is 9.94. The summed E-state index contributed by atoms with van der Waals surface area (Å²) in [4.78, 5) is 27.7. The summed E-state index contributed by atoms with van der Waals surface area (Å²) in [5.74, 6) is -1.57. The Morgan fingerprint density at radius 3 is 2.19 bits per heavy atom. The topological polar surface area (TPSA) is 77.8 Å². The SMILES string of the molecule is CCc1ccc(/C(O)=C2\C(=O)C(=O)N(c3ccccc3C)C2c2ccc(O)cc2)cc1. The number of aryl methyl sites for hydroxylation is 2. The second kappa shape index (κ2) is 8.11. The van der Waals surface area contributed by atoms with Gasteiger partial charge >= 0.3 is 0 Å². The number of amides is 1. The summed E-state index contributed by atoms with van der Waals surface area (Å²) in [5.41, 5.74) is 3.66. The number of hydrogen-bond donors (Lipinski definition) is 2. The average molecular weight is 413 g/mol. The molecule has 31 heavy (non-hydrogen) atoms. The molecule has 1 fully saturated rings. The second-order valence-corrected chi connectivity index (χ2v) is 7.60. The summed E-state index contributed by atoms with van der Waals surface area (Å²) in [7, 11) is 0. The molecule has 1 amide bonds. The van der Waals surface area contributed by atoms with Crippen molar-refractivity contribution in [2.24, 2.45) is 0 Å². The van der Waals surface area contributed by atoms with Crippen LogP contribution in [0.4, 0.5) is 5.69 Å². The van der Waals surface area contributed by atoms with Crippen LogP contribution in [0.25, 0.3) is 5.76 Å². The first kappa shape index (κ1) is 20.4. The molecule has 3 aromatic carbocycles. The first-order valence-corrected chi connectivity index (χ1v) is 10.2. The Hall–Kier alpha value is -3.86. The van der Waals surface area contributed by atoms with E-state index in [2.05, 4.69) is 0 Å². The number of hydrogen-bond acceptors (Lipinski definition) is 4. The van der Waals surface area contributed by atoms with Crippen molar-refractivity contribution in [3.63, 3.8) is 0 Å². The third-order valence-electron chi connectivity index (χ3n) is 5.66. The molecule has 0 bridgehead atoms. The number of nitrogens with zero attached hydrogens (tertiary/aromatic N) is 1. The lowest BCUT2D eigenvalue weighted by Crippen LogP contribution is -2.30. The number of aromatic hydroxyl groups is 1. The van der Waals surface area contributed by atoms with E-state index in [-0.39, 0.29) is 17.1 Å². The first-order valence-electron chi connectivity index (χ1n) is 10.2. The summed E-state index contributed by atoms with van der Waals surface area (Å²) in [6, 6.07) is 20.1. The summed E-state index contributed by atoms with van der Waals surface area (Å²) in [6.45, 7) is 3.90. The molecule has 1 saturated heterocycles. The highest BCUT2D eigenvalue weighted by Crippen LogP contribution is 2.43. The van der Waals surface area contributed by atoms with E-state index in [1.807, 2.05) is 38.1 Å². The number of Topliss-reactive ketones (excluding diaryl/α,β-unsaturated/α-hetero) is 1. The van der Waals surface area contributed by atoms with Gasteiger partial charge in [-0.25, -0.2) is 0 Å². The fourth-order valence-electron chi connectivity index (χ4n) is 3.94. The summed E-state index contributed by atoms with van der Waals surface area (Å²) in [5, 5.41) is 20.8. The van der Waals surface area contributed by atoms with Gasteiger partial charge in [0.2, 0.25) is 0 Å². The fraction of sp³-hybridized carbons (Fsp3) is 0.154. The highest BCUT2D eigenvalue weighted by atomic mass is 16.3. The number of phenolic OH excluding ortho intramolecular Hbond substituents is 1. The van der Waals surface area contributed by atoms with E-state index in [0.717, 1.165) is 17.5 Å². The molecule has 0 aromatic heterocycles. The van der Waals surface area contributed by atoms with Gasteiger partial charge in [-0.1, -0.05) is 61.5 Å². The Kier molecular flexibility index (Phi) is 5.34. The molecule has 3 aromatic rings. The number of aliphatic hydroxyl groups excluding tert-OH is 1. The number of anilines is 1. The van der Waals surface area contributed by atoms with E-state index >= 15 is 0 Å². The molecule has 1 aliphatic heterocycles. The predicted molar refractivity (Wildman–Crippen MR) is 120 cm³/mol. The Morgan fingerprint density at radius 1 is 0.935 bits per heavy atom. The molecule has 5 nitrogen and oxygen atoms in total. The molecule has 0 aliphatic carbocycles. The normalized spacial score (nSPS) is 17.9. The fourth-order valence-corrected chi connectivity index (χ4v) is 3.94. The van der Waals surface area contributed by atoms with Crippen LogP contribution in [0.2, 0.25) is 0 Å². The number of para-hydroxylation sites is 1. The van der Waals surface area contributed by atoms with Crippen LogP contribution in [0.5, 0.6) is 5.75 Å². The monoisotopic (exact) mass is 413 g/mol. The molecule has 1 aliphatic rings. The van der Waals surface area contributed by atoms with E-state index in [1.54, 1.807) is 36.4 Å². The molecule has 0 spiro atoms. The maximum atomic E-state index is 13.1. The van der Waals surface area contributed by atoms with Gasteiger partial charge in [0.15, 0.2) is 0 Å². The highest BCUT2D eigenvalue weighted by molar-refractivity contribution is 6.51. The minimum atomic E-state index is -0.812. The zero-order valence-electron chi connectivity index (χ0n) is 17.4. The standard InChI is InChI=1S/C26H23NO4/c1-3-17-8-10-19(11-9-17)24(29)22-23(18-12-14-20(28)15-13-18)27(26(31)25(22)30)21-7-5-4-6-16(21)2/h4-15,23,28-29H,3H2,1-2H3/b24-22+. The summed E-state index contributed by atoms with van der Waals surface area (Å²) < 4.78 is 0. The number of carbonyl (C=O) groups excluding carboxylic acids is 2. The minimum Gasteiger partial charge on any atom is -0.508 e. The quantitative estimate of drug-likeness (QED) is 0.363. The summed E-state index contributed by atoms with van der Waals surface area (Å²) in [6.07, 6.45) is 0.853. The number of phenols is 1. The van der Waals surface area contributed by atoms with Gasteiger partial charge in [0, 0.05) is 11.3 Å². The predicted octanol–water partition coefficient (Wildman–Crippen LogP) is 4.89. The van der Waals surface area contributed by atoms with Crippen LogP contribution in [-0.4, -0.2) is 21.9 Å². The molecule has 2 N–H and O–H groups in total. The van der Waals surface area contributed by atoms with Crippen LogP contribution in [0.15, 0.2) is 78.4 Å². The van der Waals surface area contributed by atoms with Crippen LogP contribution in [-0.2, 0) is 16.0 Å². The van der Waals surface area contributed by atoms with Crippen LogP contribution in [0.3, 0.4) is 0 Å². The van der Waals surface area contributed by atoms with Gasteiger partial charge in [-0.05, 0) is 48.2 Å². The van der Waals surface area contributed by atoms with Gasteiger partial charge in [-0.15, -0.1) is 0 Å². The molecule has 5 heteroatoms. The Morgan fingerprint density at radius 2 is 1.58 bits per heavy atom. The number of carbonyl (C=O) groups is 2. The molecule has 156 valence electrons. The second-order valence-electron chi connectivity index (χ2n) is 7.60. The van der Waals surface area contributed by atoms with Gasteiger partial charge in [0.05, 0.1) is 11.6 Å². The van der Waals surface area contributed by atoms with Gasteiger partial charge in [0.1, 0.15) is 11.5 Å². The minimum absolute atomic E-state index is 0.0307. The Bertz CT molecular complexity index is 1180. The molecule has 1 atom stereocenters. The molecular formula is C26H23NO4. The third kappa shape index (κ3) is 3.59. The van der Waals surface area contributed by atoms with E-state index in [1.165, 1.54) is 17.0 Å². The van der Waals surface area contributed by atoms with E-state index in [0.29, 0.717) is 16.8 Å². The molecule has 1 unspecified atom stereocenters.